The molecule has 3 aromatic rings. The number of piperazine rings is 1. The molecule has 11 heteroatoms. The van der Waals surface area contributed by atoms with Crippen LogP contribution in [0.1, 0.15) is 50.2 Å². The van der Waals surface area contributed by atoms with Crippen molar-refractivity contribution in [3.8, 4) is 17.1 Å². The number of aromatic nitrogens is 2. The highest BCUT2D eigenvalue weighted by Gasteiger charge is 2.49. The molecular weight excluding hydrogens is 603 g/mol. The van der Waals surface area contributed by atoms with Gasteiger partial charge in [0.05, 0.1) is 10.6 Å². The fraction of sp³-hybridized carbons (Fsp3) is 0.500. The maximum absolute atomic E-state index is 16.9. The molecule has 3 saturated heterocycles. The highest BCUT2D eigenvalue weighted by molar-refractivity contribution is 6.34. The number of amides is 1. The maximum atomic E-state index is 16.9. The third-order valence-electron chi connectivity index (χ3n) is 10.2. The van der Waals surface area contributed by atoms with E-state index in [0.717, 1.165) is 56.2 Å². The Bertz CT molecular complexity index is 1690. The number of carbonyl (C=O) groups excluding carboxylic acids is 1. The number of alkyl halides is 1. The number of hydrogen-bond donors (Lipinski definition) is 0. The lowest BCUT2D eigenvalue weighted by atomic mass is 9.85. The van der Waals surface area contributed by atoms with E-state index in [1.54, 1.807) is 6.07 Å². The Morgan fingerprint density at radius 1 is 1.16 bits per heavy atom. The third-order valence-corrected chi connectivity index (χ3v) is 10.5. The SMILES string of the molecule is C=C(F)C(=O)N1CCN(c2nc(OC[C@@]34CCCN3C[C@H](F)C4)nc3c(F)c(-c4cccc5c4CCCC5)c(Cl)cc23)[C@@H](C)C1. The minimum absolute atomic E-state index is 0.00568. The lowest BCUT2D eigenvalue weighted by molar-refractivity contribution is -0.129. The number of ether oxygens (including phenoxy) is 1. The average molecular weight is 640 g/mol. The number of anilines is 1. The zero-order valence-electron chi connectivity index (χ0n) is 25.4. The molecule has 2 aromatic carbocycles. The standard InChI is InChI=1S/C34H37ClF3N5O2/c1-20-17-41(32(44)21(2)36)13-14-43(20)31-26-15-27(35)28(25-10-5-8-22-7-3-4-9-24(22)25)29(38)30(26)39-33(40-31)45-19-34-11-6-12-42(34)18-23(37)16-34/h5,8,10,15,20,23H,2-4,6-7,9,11-14,16-19H2,1H3/t20-,23+,34-/m0/s1. The monoisotopic (exact) mass is 639 g/mol. The molecule has 1 amide bonds. The van der Waals surface area contributed by atoms with Crippen LogP contribution < -0.4 is 9.64 Å². The van der Waals surface area contributed by atoms with Gasteiger partial charge in [0.25, 0.3) is 5.91 Å². The van der Waals surface area contributed by atoms with E-state index in [9.17, 15) is 13.6 Å². The summed E-state index contributed by atoms with van der Waals surface area (Å²) in [7, 11) is 0. The van der Waals surface area contributed by atoms with Crippen LogP contribution >= 0.6 is 11.6 Å². The molecule has 3 atom stereocenters. The molecular formula is C34H37ClF3N5O2. The van der Waals surface area contributed by atoms with Gasteiger partial charge in [-0.3, -0.25) is 9.69 Å². The van der Waals surface area contributed by atoms with Crippen molar-refractivity contribution < 1.29 is 22.7 Å². The molecule has 1 aromatic heterocycles. The summed E-state index contributed by atoms with van der Waals surface area (Å²) in [6.07, 6.45) is 5.16. The van der Waals surface area contributed by atoms with Gasteiger partial charge in [0, 0.05) is 49.6 Å². The summed E-state index contributed by atoms with van der Waals surface area (Å²) in [5.41, 5.74) is 3.05. The zero-order chi connectivity index (χ0) is 31.5. The minimum Gasteiger partial charge on any atom is -0.461 e. The van der Waals surface area contributed by atoms with Crippen LogP contribution in [0, 0.1) is 5.82 Å². The summed E-state index contributed by atoms with van der Waals surface area (Å²) < 4.78 is 51.3. The van der Waals surface area contributed by atoms with Gasteiger partial charge in [0.2, 0.25) is 0 Å². The molecule has 0 N–H and O–H groups in total. The van der Waals surface area contributed by atoms with Gasteiger partial charge in [-0.2, -0.15) is 9.97 Å². The lowest BCUT2D eigenvalue weighted by Gasteiger charge is -2.40. The smallest absolute Gasteiger partial charge is 0.319 e. The average Bonchev–Trinajstić information content (AvgIpc) is 3.55. The molecule has 0 saturated carbocycles. The number of rotatable bonds is 6. The van der Waals surface area contributed by atoms with Crippen molar-refractivity contribution in [2.45, 2.75) is 69.6 Å². The third kappa shape index (κ3) is 5.33. The van der Waals surface area contributed by atoms with Gasteiger partial charge in [-0.05, 0) is 74.8 Å². The number of hydrogen-bond acceptors (Lipinski definition) is 6. The number of halogens is 4. The maximum Gasteiger partial charge on any atom is 0.319 e. The summed E-state index contributed by atoms with van der Waals surface area (Å²) in [6, 6.07) is 7.38. The van der Waals surface area contributed by atoms with Crippen molar-refractivity contribution in [3.05, 3.63) is 58.6 Å². The second-order valence-corrected chi connectivity index (χ2v) is 13.4. The summed E-state index contributed by atoms with van der Waals surface area (Å²) in [5.74, 6) is -1.88. The van der Waals surface area contributed by atoms with Crippen LogP contribution in [0.15, 0.2) is 36.7 Å². The molecule has 0 radical (unpaired) electrons. The summed E-state index contributed by atoms with van der Waals surface area (Å²) >= 11 is 6.90. The molecule has 7 rings (SSSR count). The second-order valence-electron chi connectivity index (χ2n) is 13.0. The minimum atomic E-state index is -1.01. The highest BCUT2D eigenvalue weighted by Crippen LogP contribution is 2.43. The van der Waals surface area contributed by atoms with Gasteiger partial charge < -0.3 is 14.5 Å². The lowest BCUT2D eigenvalue weighted by Crippen LogP contribution is -2.54. The number of benzene rings is 2. The van der Waals surface area contributed by atoms with Crippen molar-refractivity contribution in [3.63, 3.8) is 0 Å². The first-order valence-corrected chi connectivity index (χ1v) is 16.3. The topological polar surface area (TPSA) is 61.8 Å². The number of carbonyl (C=O) groups is 1. The number of aryl methyl sites for hydroxylation is 1. The van der Waals surface area contributed by atoms with Crippen molar-refractivity contribution in [1.82, 2.24) is 19.8 Å². The van der Waals surface area contributed by atoms with Gasteiger partial charge in [0.15, 0.2) is 11.6 Å². The van der Waals surface area contributed by atoms with Crippen LogP contribution in [0.2, 0.25) is 5.02 Å². The fourth-order valence-corrected chi connectivity index (χ4v) is 8.28. The highest BCUT2D eigenvalue weighted by atomic mass is 35.5. The van der Waals surface area contributed by atoms with Gasteiger partial charge in [0.1, 0.15) is 24.1 Å². The van der Waals surface area contributed by atoms with E-state index in [1.807, 2.05) is 24.0 Å². The summed E-state index contributed by atoms with van der Waals surface area (Å²) in [6.45, 7) is 7.22. The number of nitrogens with zero attached hydrogens (tertiary/aromatic N) is 5. The molecule has 45 heavy (non-hydrogen) atoms. The van der Waals surface area contributed by atoms with Gasteiger partial charge in [-0.25, -0.2) is 13.2 Å². The fourth-order valence-electron chi connectivity index (χ4n) is 7.98. The molecule has 0 spiro atoms. The van der Waals surface area contributed by atoms with Crippen molar-refractivity contribution in [1.29, 1.82) is 0 Å². The Kier molecular flexibility index (Phi) is 7.92. The number of fused-ring (bicyclic) bond motifs is 3. The van der Waals surface area contributed by atoms with Crippen LogP contribution in [0.4, 0.5) is 19.0 Å². The molecule has 0 bridgehead atoms. The largest absolute Gasteiger partial charge is 0.461 e. The van der Waals surface area contributed by atoms with Crippen LogP contribution in [-0.2, 0) is 17.6 Å². The molecule has 7 nitrogen and oxygen atoms in total. The van der Waals surface area contributed by atoms with Crippen LogP contribution in [0.25, 0.3) is 22.0 Å². The van der Waals surface area contributed by atoms with E-state index in [4.69, 9.17) is 21.3 Å². The molecule has 4 aliphatic rings. The van der Waals surface area contributed by atoms with Crippen molar-refractivity contribution in [2.24, 2.45) is 0 Å². The molecule has 4 heterocycles. The Hall–Kier alpha value is -3.37. The predicted octanol–water partition coefficient (Wildman–Crippen LogP) is 6.44. The summed E-state index contributed by atoms with van der Waals surface area (Å²) in [4.78, 5) is 27.2. The van der Waals surface area contributed by atoms with E-state index >= 15 is 4.39 Å². The van der Waals surface area contributed by atoms with Gasteiger partial charge >= 0.3 is 6.01 Å². The first-order valence-electron chi connectivity index (χ1n) is 15.9. The van der Waals surface area contributed by atoms with E-state index < -0.39 is 29.3 Å². The quantitative estimate of drug-likeness (QED) is 0.289. The zero-order valence-corrected chi connectivity index (χ0v) is 26.2. The molecule has 3 fully saturated rings. The molecule has 3 aliphatic heterocycles. The summed E-state index contributed by atoms with van der Waals surface area (Å²) in [5, 5.41) is 0.679. The predicted molar refractivity (Wildman–Crippen MR) is 169 cm³/mol. The Morgan fingerprint density at radius 3 is 2.78 bits per heavy atom. The van der Waals surface area contributed by atoms with Gasteiger partial charge in [-0.1, -0.05) is 36.4 Å². The molecule has 238 valence electrons. The van der Waals surface area contributed by atoms with E-state index in [0.29, 0.717) is 36.3 Å². The van der Waals surface area contributed by atoms with E-state index in [1.165, 1.54) is 10.5 Å². The van der Waals surface area contributed by atoms with E-state index in [-0.39, 0.29) is 42.3 Å². The van der Waals surface area contributed by atoms with E-state index in [2.05, 4.69) is 22.5 Å². The first kappa shape index (κ1) is 30.3. The Balaban J connectivity index is 1.32. The normalized spacial score (nSPS) is 25.0. The Morgan fingerprint density at radius 2 is 1.98 bits per heavy atom. The van der Waals surface area contributed by atoms with Crippen LogP contribution in [0.5, 0.6) is 6.01 Å². The van der Waals surface area contributed by atoms with Crippen molar-refractivity contribution >= 4 is 34.2 Å². The van der Waals surface area contributed by atoms with Crippen LogP contribution in [-0.4, -0.2) is 82.8 Å². The first-order chi connectivity index (χ1) is 21.6. The Labute approximate surface area is 266 Å². The van der Waals surface area contributed by atoms with Gasteiger partial charge in [-0.15, -0.1) is 0 Å². The second kappa shape index (κ2) is 11.8. The molecule has 0 unspecified atom stereocenters. The molecule has 1 aliphatic carbocycles. The van der Waals surface area contributed by atoms with Crippen molar-refractivity contribution in [2.75, 3.05) is 44.2 Å². The van der Waals surface area contributed by atoms with Crippen LogP contribution in [0.3, 0.4) is 0 Å².